The van der Waals surface area contributed by atoms with E-state index < -0.39 is 27.3 Å². The molecule has 23 heavy (non-hydrogen) atoms. The summed E-state index contributed by atoms with van der Waals surface area (Å²) in [5.41, 5.74) is -0.135. The van der Waals surface area contributed by atoms with Crippen LogP contribution in [-0.2, 0) is 16.3 Å². The first-order valence-corrected chi connectivity index (χ1v) is 9.10. The smallest absolute Gasteiger partial charge is 0.335 e. The van der Waals surface area contributed by atoms with Crippen LogP contribution in [-0.4, -0.2) is 48.1 Å². The van der Waals surface area contributed by atoms with Gasteiger partial charge in [0.15, 0.2) is 9.84 Å². The normalized spacial score (nSPS) is 15.5. The first-order chi connectivity index (χ1) is 10.5. The average Bonchev–Trinajstić information content (AvgIpc) is 2.44. The molecule has 1 aromatic rings. The SMILES string of the molecule is CCS(=O)(=O)c1ccc(C(=O)O)c2c1C(=O)N(C(C)(C)C)CC2. The number of hydrogen-bond donors (Lipinski definition) is 1. The van der Waals surface area contributed by atoms with E-state index in [1.54, 1.807) is 4.90 Å². The van der Waals surface area contributed by atoms with Crippen molar-refractivity contribution in [1.82, 2.24) is 4.90 Å². The van der Waals surface area contributed by atoms with Crippen LogP contribution in [0.1, 0.15) is 54.0 Å². The summed E-state index contributed by atoms with van der Waals surface area (Å²) in [7, 11) is -3.62. The predicted molar refractivity (Wildman–Crippen MR) is 85.6 cm³/mol. The minimum absolute atomic E-state index is 0.00281. The average molecular weight is 339 g/mol. The number of amides is 1. The van der Waals surface area contributed by atoms with Gasteiger partial charge in [0.05, 0.1) is 21.8 Å². The quantitative estimate of drug-likeness (QED) is 0.909. The van der Waals surface area contributed by atoms with E-state index in [9.17, 15) is 23.1 Å². The third-order valence-corrected chi connectivity index (χ3v) is 5.84. The van der Waals surface area contributed by atoms with Gasteiger partial charge in [0, 0.05) is 12.1 Å². The molecule has 0 spiro atoms. The van der Waals surface area contributed by atoms with Crippen molar-refractivity contribution in [2.24, 2.45) is 0 Å². The highest BCUT2D eigenvalue weighted by Gasteiger charge is 2.37. The summed E-state index contributed by atoms with van der Waals surface area (Å²) in [5.74, 6) is -1.72. The largest absolute Gasteiger partial charge is 0.478 e. The molecule has 0 bridgehead atoms. The minimum atomic E-state index is -3.62. The zero-order valence-corrected chi connectivity index (χ0v) is 14.5. The van der Waals surface area contributed by atoms with Crippen LogP contribution in [0.2, 0.25) is 0 Å². The third-order valence-electron chi connectivity index (χ3n) is 4.07. The zero-order valence-electron chi connectivity index (χ0n) is 13.7. The molecule has 0 unspecified atom stereocenters. The lowest BCUT2D eigenvalue weighted by Crippen LogP contribution is -2.50. The molecule has 1 aromatic carbocycles. The van der Waals surface area contributed by atoms with Crippen molar-refractivity contribution in [2.45, 2.75) is 44.6 Å². The zero-order chi connectivity index (χ0) is 17.6. The second-order valence-electron chi connectivity index (χ2n) is 6.55. The number of rotatable bonds is 3. The Bertz CT molecular complexity index is 774. The molecule has 0 radical (unpaired) electrons. The highest BCUT2D eigenvalue weighted by atomic mass is 32.2. The highest BCUT2D eigenvalue weighted by Crippen LogP contribution is 2.32. The van der Waals surface area contributed by atoms with Crippen molar-refractivity contribution >= 4 is 21.7 Å². The van der Waals surface area contributed by atoms with Crippen molar-refractivity contribution < 1.29 is 23.1 Å². The lowest BCUT2D eigenvalue weighted by atomic mass is 9.91. The van der Waals surface area contributed by atoms with E-state index in [0.717, 1.165) is 0 Å². The Morgan fingerprint density at radius 2 is 1.91 bits per heavy atom. The lowest BCUT2D eigenvalue weighted by Gasteiger charge is -2.39. The number of fused-ring (bicyclic) bond motifs is 1. The van der Waals surface area contributed by atoms with Gasteiger partial charge in [-0.25, -0.2) is 13.2 Å². The van der Waals surface area contributed by atoms with Gasteiger partial charge in [-0.3, -0.25) is 4.79 Å². The van der Waals surface area contributed by atoms with Crippen LogP contribution in [0.3, 0.4) is 0 Å². The molecule has 1 heterocycles. The molecule has 0 aliphatic carbocycles. The first kappa shape index (κ1) is 17.5. The predicted octanol–water partition coefficient (Wildman–Crippen LogP) is 1.98. The summed E-state index contributed by atoms with van der Waals surface area (Å²) in [6.45, 7) is 7.47. The van der Waals surface area contributed by atoms with E-state index in [1.807, 2.05) is 20.8 Å². The minimum Gasteiger partial charge on any atom is -0.478 e. The van der Waals surface area contributed by atoms with E-state index >= 15 is 0 Å². The van der Waals surface area contributed by atoms with Gasteiger partial charge in [-0.1, -0.05) is 6.92 Å². The van der Waals surface area contributed by atoms with Crippen LogP contribution < -0.4 is 0 Å². The Balaban J connectivity index is 2.78. The molecule has 126 valence electrons. The molecule has 1 N–H and O–H groups in total. The monoisotopic (exact) mass is 339 g/mol. The van der Waals surface area contributed by atoms with Crippen LogP contribution in [0.5, 0.6) is 0 Å². The molecular weight excluding hydrogens is 318 g/mol. The van der Waals surface area contributed by atoms with Gasteiger partial charge < -0.3 is 10.0 Å². The van der Waals surface area contributed by atoms with Crippen LogP contribution in [0, 0.1) is 0 Å². The van der Waals surface area contributed by atoms with E-state index in [0.29, 0.717) is 18.5 Å². The number of carbonyl (C=O) groups excluding carboxylic acids is 1. The Morgan fingerprint density at radius 3 is 2.39 bits per heavy atom. The number of sulfone groups is 1. The van der Waals surface area contributed by atoms with Gasteiger partial charge in [0.2, 0.25) is 0 Å². The summed E-state index contributed by atoms with van der Waals surface area (Å²) in [6.07, 6.45) is 0.326. The molecule has 1 amide bonds. The Kier molecular flexibility index (Phi) is 4.28. The lowest BCUT2D eigenvalue weighted by molar-refractivity contribution is 0.0556. The highest BCUT2D eigenvalue weighted by molar-refractivity contribution is 7.91. The fourth-order valence-electron chi connectivity index (χ4n) is 2.84. The van der Waals surface area contributed by atoms with Crippen molar-refractivity contribution in [3.8, 4) is 0 Å². The van der Waals surface area contributed by atoms with Gasteiger partial charge in [0.25, 0.3) is 5.91 Å². The molecule has 0 saturated heterocycles. The van der Waals surface area contributed by atoms with Gasteiger partial charge >= 0.3 is 5.97 Å². The summed E-state index contributed by atoms with van der Waals surface area (Å²) in [4.78, 5) is 25.8. The van der Waals surface area contributed by atoms with Crippen molar-refractivity contribution in [3.63, 3.8) is 0 Å². The number of carbonyl (C=O) groups is 2. The Morgan fingerprint density at radius 1 is 1.30 bits per heavy atom. The maximum Gasteiger partial charge on any atom is 0.335 e. The topological polar surface area (TPSA) is 91.7 Å². The summed E-state index contributed by atoms with van der Waals surface area (Å²) in [6, 6.07) is 2.52. The van der Waals surface area contributed by atoms with Crippen LogP contribution >= 0.6 is 0 Å². The molecule has 0 saturated carbocycles. The van der Waals surface area contributed by atoms with Crippen molar-refractivity contribution in [3.05, 3.63) is 28.8 Å². The summed E-state index contributed by atoms with van der Waals surface area (Å²) in [5, 5.41) is 9.33. The molecule has 6 nitrogen and oxygen atoms in total. The summed E-state index contributed by atoms with van der Waals surface area (Å²) < 4.78 is 24.7. The second kappa shape index (κ2) is 5.63. The molecule has 0 atom stereocenters. The van der Waals surface area contributed by atoms with Gasteiger partial charge in [-0.05, 0) is 44.9 Å². The maximum absolute atomic E-state index is 12.9. The fraction of sp³-hybridized carbons (Fsp3) is 0.500. The van der Waals surface area contributed by atoms with Crippen LogP contribution in [0.25, 0.3) is 0 Å². The van der Waals surface area contributed by atoms with Crippen LogP contribution in [0.15, 0.2) is 17.0 Å². The fourth-order valence-corrected chi connectivity index (χ4v) is 3.94. The van der Waals surface area contributed by atoms with Crippen molar-refractivity contribution in [1.29, 1.82) is 0 Å². The van der Waals surface area contributed by atoms with Crippen LogP contribution in [0.4, 0.5) is 0 Å². The molecule has 0 aromatic heterocycles. The third kappa shape index (κ3) is 2.97. The van der Waals surface area contributed by atoms with Gasteiger partial charge in [0.1, 0.15) is 0 Å². The Hall–Kier alpha value is -1.89. The Labute approximate surface area is 136 Å². The number of benzene rings is 1. The van der Waals surface area contributed by atoms with E-state index in [4.69, 9.17) is 0 Å². The number of aromatic carboxylic acids is 1. The maximum atomic E-state index is 12.9. The molecule has 1 aliphatic rings. The molecule has 0 fully saturated rings. The molecule has 1 aliphatic heterocycles. The molecular formula is C16H21NO5S. The number of nitrogens with zero attached hydrogens (tertiary/aromatic N) is 1. The van der Waals surface area contributed by atoms with E-state index in [2.05, 4.69) is 0 Å². The van der Waals surface area contributed by atoms with Gasteiger partial charge in [-0.15, -0.1) is 0 Å². The van der Waals surface area contributed by atoms with E-state index in [1.165, 1.54) is 19.1 Å². The number of carboxylic acid groups (broad SMARTS) is 1. The van der Waals surface area contributed by atoms with Gasteiger partial charge in [-0.2, -0.15) is 0 Å². The molecule has 2 rings (SSSR count). The first-order valence-electron chi connectivity index (χ1n) is 7.44. The summed E-state index contributed by atoms with van der Waals surface area (Å²) >= 11 is 0. The standard InChI is InChI=1S/C16H21NO5S/c1-5-23(21,22)12-7-6-11(15(19)20)10-8-9-17(16(2,3)4)14(18)13(10)12/h6-7H,5,8-9H2,1-4H3,(H,19,20). The van der Waals surface area contributed by atoms with Crippen molar-refractivity contribution in [2.75, 3.05) is 12.3 Å². The second-order valence-corrected chi connectivity index (χ2v) is 8.80. The van der Waals surface area contributed by atoms with E-state index in [-0.39, 0.29) is 21.8 Å². The number of carboxylic acids is 1. The molecule has 7 heteroatoms. The number of hydrogen-bond acceptors (Lipinski definition) is 4.